The second-order valence-corrected chi connectivity index (χ2v) is 6.20. The van der Waals surface area contributed by atoms with Crippen LogP contribution in [0.5, 0.6) is 0 Å². The van der Waals surface area contributed by atoms with Crippen molar-refractivity contribution in [2.24, 2.45) is 0 Å². The summed E-state index contributed by atoms with van der Waals surface area (Å²) in [7, 11) is 0. The average molecular weight is 259 g/mol. The van der Waals surface area contributed by atoms with Gasteiger partial charge in [0.05, 0.1) is 6.10 Å². The van der Waals surface area contributed by atoms with Crippen molar-refractivity contribution in [2.45, 2.75) is 63.1 Å². The summed E-state index contributed by atoms with van der Waals surface area (Å²) in [5.74, 6) is 0.635. The van der Waals surface area contributed by atoms with E-state index in [0.29, 0.717) is 18.0 Å². The van der Waals surface area contributed by atoms with Crippen molar-refractivity contribution in [1.29, 1.82) is 0 Å². The number of aliphatic hydroxyl groups excluding tert-OH is 1. The Bertz CT molecular complexity index is 405. The lowest BCUT2D eigenvalue weighted by Gasteiger charge is -2.38. The molecule has 2 unspecified atom stereocenters. The van der Waals surface area contributed by atoms with Crippen molar-refractivity contribution < 1.29 is 5.11 Å². The molecule has 3 rings (SSSR count). The second-order valence-electron chi connectivity index (χ2n) is 6.20. The normalized spacial score (nSPS) is 36.5. The highest BCUT2D eigenvalue weighted by molar-refractivity contribution is 5.22. The maximum Gasteiger partial charge on any atom is 0.0695 e. The van der Waals surface area contributed by atoms with E-state index < -0.39 is 0 Å². The van der Waals surface area contributed by atoms with E-state index in [0.717, 1.165) is 13.0 Å². The fourth-order valence-electron chi connectivity index (χ4n) is 4.06. The summed E-state index contributed by atoms with van der Waals surface area (Å²) in [6, 6.07) is 11.8. The molecule has 2 fully saturated rings. The molecule has 1 aromatic carbocycles. The van der Waals surface area contributed by atoms with Gasteiger partial charge in [-0.3, -0.25) is 4.90 Å². The summed E-state index contributed by atoms with van der Waals surface area (Å²) >= 11 is 0. The quantitative estimate of drug-likeness (QED) is 0.882. The lowest BCUT2D eigenvalue weighted by Crippen LogP contribution is -2.47. The first kappa shape index (κ1) is 13.1. The van der Waals surface area contributed by atoms with Gasteiger partial charge >= 0.3 is 0 Å². The molecule has 1 aliphatic heterocycles. The first-order valence-electron chi connectivity index (χ1n) is 7.76. The van der Waals surface area contributed by atoms with Crippen LogP contribution in [0.4, 0.5) is 0 Å². The van der Waals surface area contributed by atoms with Crippen molar-refractivity contribution in [3.63, 3.8) is 0 Å². The SMILES string of the molecule is CC1C(c2ccccc2)CCN1[C@@H]1CCCC[C@H]1O. The van der Waals surface area contributed by atoms with E-state index >= 15 is 0 Å². The van der Waals surface area contributed by atoms with E-state index in [1.165, 1.54) is 31.2 Å². The van der Waals surface area contributed by atoms with Crippen LogP contribution in [0.1, 0.15) is 50.5 Å². The van der Waals surface area contributed by atoms with E-state index in [1.807, 2.05) is 0 Å². The molecule has 19 heavy (non-hydrogen) atoms. The fourth-order valence-corrected chi connectivity index (χ4v) is 4.06. The van der Waals surface area contributed by atoms with Crippen LogP contribution in [0.2, 0.25) is 0 Å². The van der Waals surface area contributed by atoms with E-state index in [4.69, 9.17) is 0 Å². The Kier molecular flexibility index (Phi) is 3.90. The summed E-state index contributed by atoms with van der Waals surface area (Å²) in [4.78, 5) is 2.57. The third-order valence-corrected chi connectivity index (χ3v) is 5.15. The fraction of sp³-hybridized carbons (Fsp3) is 0.647. The first-order valence-corrected chi connectivity index (χ1v) is 7.76. The van der Waals surface area contributed by atoms with Crippen molar-refractivity contribution in [3.8, 4) is 0 Å². The van der Waals surface area contributed by atoms with Crippen LogP contribution in [0.25, 0.3) is 0 Å². The zero-order valence-corrected chi connectivity index (χ0v) is 11.8. The largest absolute Gasteiger partial charge is 0.391 e. The molecular weight excluding hydrogens is 234 g/mol. The Hall–Kier alpha value is -0.860. The molecule has 1 N–H and O–H groups in total. The standard InChI is InChI=1S/C17H25NO/c1-13-15(14-7-3-2-4-8-14)11-12-18(13)16-9-5-6-10-17(16)19/h2-4,7-8,13,15-17,19H,5-6,9-12H2,1H3/t13?,15?,16-,17-/m1/s1. The number of nitrogens with zero attached hydrogens (tertiary/aromatic N) is 1. The first-order chi connectivity index (χ1) is 9.27. The molecule has 4 atom stereocenters. The molecule has 1 aromatic rings. The maximum absolute atomic E-state index is 10.3. The number of likely N-dealkylation sites (tertiary alicyclic amines) is 1. The van der Waals surface area contributed by atoms with E-state index in [1.54, 1.807) is 0 Å². The van der Waals surface area contributed by atoms with Crippen LogP contribution in [0.15, 0.2) is 30.3 Å². The van der Waals surface area contributed by atoms with E-state index in [-0.39, 0.29) is 6.10 Å². The highest BCUT2D eigenvalue weighted by Crippen LogP contribution is 2.37. The molecule has 104 valence electrons. The minimum atomic E-state index is -0.106. The topological polar surface area (TPSA) is 23.5 Å². The van der Waals surface area contributed by atoms with Crippen LogP contribution in [-0.4, -0.2) is 34.7 Å². The molecule has 1 saturated heterocycles. The van der Waals surface area contributed by atoms with Gasteiger partial charge in [0.2, 0.25) is 0 Å². The van der Waals surface area contributed by atoms with Gasteiger partial charge in [0.25, 0.3) is 0 Å². The zero-order chi connectivity index (χ0) is 13.2. The lowest BCUT2D eigenvalue weighted by atomic mass is 9.89. The van der Waals surface area contributed by atoms with Crippen LogP contribution >= 0.6 is 0 Å². The summed E-state index contributed by atoms with van der Waals surface area (Å²) in [6.07, 6.45) is 5.76. The second kappa shape index (κ2) is 5.64. The molecule has 1 saturated carbocycles. The molecule has 0 bridgehead atoms. The zero-order valence-electron chi connectivity index (χ0n) is 11.8. The number of benzene rings is 1. The van der Waals surface area contributed by atoms with Crippen molar-refractivity contribution in [2.75, 3.05) is 6.54 Å². The van der Waals surface area contributed by atoms with Crippen molar-refractivity contribution in [3.05, 3.63) is 35.9 Å². The van der Waals surface area contributed by atoms with Gasteiger partial charge in [0.15, 0.2) is 0 Å². The van der Waals surface area contributed by atoms with Gasteiger partial charge < -0.3 is 5.11 Å². The maximum atomic E-state index is 10.3. The average Bonchev–Trinajstić information content (AvgIpc) is 2.82. The summed E-state index contributed by atoms with van der Waals surface area (Å²) in [5.41, 5.74) is 1.46. The predicted octanol–water partition coefficient (Wildman–Crippen LogP) is 3.17. The third-order valence-electron chi connectivity index (χ3n) is 5.15. The molecule has 1 heterocycles. The van der Waals surface area contributed by atoms with Gasteiger partial charge in [-0.2, -0.15) is 0 Å². The molecule has 0 radical (unpaired) electrons. The molecule has 0 aromatic heterocycles. The molecular formula is C17H25NO. The Labute approximate surface area is 116 Å². The van der Waals surface area contributed by atoms with Gasteiger partial charge in [-0.1, -0.05) is 43.2 Å². The Morgan fingerprint density at radius 1 is 1.05 bits per heavy atom. The van der Waals surface area contributed by atoms with Gasteiger partial charge in [-0.15, -0.1) is 0 Å². The molecule has 0 spiro atoms. The van der Waals surface area contributed by atoms with E-state index in [9.17, 15) is 5.11 Å². The number of hydrogen-bond donors (Lipinski definition) is 1. The summed E-state index contributed by atoms with van der Waals surface area (Å²) in [6.45, 7) is 3.48. The van der Waals surface area contributed by atoms with Crippen molar-refractivity contribution in [1.82, 2.24) is 4.90 Å². The number of hydrogen-bond acceptors (Lipinski definition) is 2. The van der Waals surface area contributed by atoms with E-state index in [2.05, 4.69) is 42.2 Å². The number of rotatable bonds is 2. The summed E-state index contributed by atoms with van der Waals surface area (Å²) < 4.78 is 0. The Balaban J connectivity index is 1.73. The Morgan fingerprint density at radius 3 is 2.53 bits per heavy atom. The minimum Gasteiger partial charge on any atom is -0.391 e. The smallest absolute Gasteiger partial charge is 0.0695 e. The van der Waals surface area contributed by atoms with Gasteiger partial charge in [0, 0.05) is 18.0 Å². The van der Waals surface area contributed by atoms with Crippen LogP contribution in [-0.2, 0) is 0 Å². The Morgan fingerprint density at radius 2 is 1.79 bits per heavy atom. The molecule has 0 amide bonds. The predicted molar refractivity (Wildman–Crippen MR) is 78.2 cm³/mol. The molecule has 1 aliphatic carbocycles. The van der Waals surface area contributed by atoms with Crippen LogP contribution in [0, 0.1) is 0 Å². The van der Waals surface area contributed by atoms with Gasteiger partial charge in [-0.25, -0.2) is 0 Å². The van der Waals surface area contributed by atoms with Crippen LogP contribution in [0.3, 0.4) is 0 Å². The van der Waals surface area contributed by atoms with Gasteiger partial charge in [-0.05, 0) is 38.3 Å². The van der Waals surface area contributed by atoms with Gasteiger partial charge in [0.1, 0.15) is 0 Å². The van der Waals surface area contributed by atoms with Crippen LogP contribution < -0.4 is 0 Å². The minimum absolute atomic E-state index is 0.106. The molecule has 2 heteroatoms. The monoisotopic (exact) mass is 259 g/mol. The number of aliphatic hydroxyl groups is 1. The van der Waals surface area contributed by atoms with Crippen molar-refractivity contribution >= 4 is 0 Å². The highest BCUT2D eigenvalue weighted by atomic mass is 16.3. The molecule has 2 aliphatic rings. The molecule has 2 nitrogen and oxygen atoms in total. The lowest BCUT2D eigenvalue weighted by molar-refractivity contribution is 0.0152. The highest BCUT2D eigenvalue weighted by Gasteiger charge is 2.38. The summed E-state index contributed by atoms with van der Waals surface area (Å²) in [5, 5.41) is 10.3. The third kappa shape index (κ3) is 2.56.